The SMILES string of the molecule is CC(C)(C)c1ncc2c(n1)CN(c1ccc(C(F)(F)F)cn1)C2. The molecule has 1 aliphatic heterocycles. The lowest BCUT2D eigenvalue weighted by atomic mass is 9.95. The Balaban J connectivity index is 1.82. The van der Waals surface area contributed by atoms with Gasteiger partial charge in [0.2, 0.25) is 0 Å². The molecule has 7 heteroatoms. The highest BCUT2D eigenvalue weighted by atomic mass is 19.4. The molecule has 0 saturated carbocycles. The number of hydrogen-bond donors (Lipinski definition) is 0. The standard InChI is InChI=1S/C16H17F3N4/c1-15(2,3)14-21-6-10-8-23(9-12(10)22-14)13-5-4-11(7-20-13)16(17,18)19/h4-7H,8-9H2,1-3H3. The molecule has 0 spiro atoms. The summed E-state index contributed by atoms with van der Waals surface area (Å²) in [6.45, 7) is 7.20. The molecule has 4 nitrogen and oxygen atoms in total. The predicted molar refractivity (Wildman–Crippen MR) is 79.9 cm³/mol. The maximum absolute atomic E-state index is 12.6. The monoisotopic (exact) mass is 322 g/mol. The van der Waals surface area contributed by atoms with Gasteiger partial charge in [0.05, 0.1) is 17.8 Å². The average molecular weight is 322 g/mol. The van der Waals surface area contributed by atoms with Crippen molar-refractivity contribution in [3.8, 4) is 0 Å². The smallest absolute Gasteiger partial charge is 0.346 e. The van der Waals surface area contributed by atoms with E-state index in [1.807, 2.05) is 25.7 Å². The van der Waals surface area contributed by atoms with Gasteiger partial charge in [-0.25, -0.2) is 15.0 Å². The van der Waals surface area contributed by atoms with Crippen molar-refractivity contribution in [1.82, 2.24) is 15.0 Å². The first-order chi connectivity index (χ1) is 10.6. The van der Waals surface area contributed by atoms with E-state index >= 15 is 0 Å². The molecular weight excluding hydrogens is 305 g/mol. The second-order valence-corrected chi connectivity index (χ2v) is 6.67. The van der Waals surface area contributed by atoms with Gasteiger partial charge in [-0.3, -0.25) is 0 Å². The zero-order chi connectivity index (χ0) is 16.8. The first kappa shape index (κ1) is 15.7. The molecule has 1 aliphatic rings. The van der Waals surface area contributed by atoms with Gasteiger partial charge >= 0.3 is 6.18 Å². The number of hydrogen-bond acceptors (Lipinski definition) is 4. The normalized spacial score (nSPS) is 15.0. The molecule has 3 heterocycles. The number of anilines is 1. The maximum atomic E-state index is 12.6. The lowest BCUT2D eigenvalue weighted by Gasteiger charge is -2.17. The fourth-order valence-electron chi connectivity index (χ4n) is 2.42. The molecule has 0 unspecified atom stereocenters. The molecule has 0 radical (unpaired) electrons. The van der Waals surface area contributed by atoms with E-state index in [0.717, 1.165) is 29.3 Å². The van der Waals surface area contributed by atoms with Crippen LogP contribution in [0.4, 0.5) is 19.0 Å². The van der Waals surface area contributed by atoms with E-state index in [2.05, 4.69) is 15.0 Å². The molecule has 23 heavy (non-hydrogen) atoms. The second kappa shape index (κ2) is 5.18. The van der Waals surface area contributed by atoms with Gasteiger partial charge in [-0.15, -0.1) is 0 Å². The molecule has 0 amide bonds. The third-order valence-corrected chi connectivity index (χ3v) is 3.73. The summed E-state index contributed by atoms with van der Waals surface area (Å²) in [5.41, 5.74) is 1.01. The van der Waals surface area contributed by atoms with E-state index in [1.54, 1.807) is 6.20 Å². The zero-order valence-corrected chi connectivity index (χ0v) is 13.1. The number of pyridine rings is 1. The van der Waals surface area contributed by atoms with Crippen molar-refractivity contribution in [2.75, 3.05) is 4.90 Å². The number of aromatic nitrogens is 3. The van der Waals surface area contributed by atoms with Crippen LogP contribution in [0, 0.1) is 0 Å². The minimum absolute atomic E-state index is 0.144. The van der Waals surface area contributed by atoms with Gasteiger partial charge in [-0.2, -0.15) is 13.2 Å². The lowest BCUT2D eigenvalue weighted by molar-refractivity contribution is -0.137. The number of alkyl halides is 3. The lowest BCUT2D eigenvalue weighted by Crippen LogP contribution is -2.18. The molecule has 0 atom stereocenters. The quantitative estimate of drug-likeness (QED) is 0.803. The highest BCUT2D eigenvalue weighted by molar-refractivity contribution is 5.45. The summed E-state index contributed by atoms with van der Waals surface area (Å²) in [5, 5.41) is 0. The van der Waals surface area contributed by atoms with Crippen molar-refractivity contribution < 1.29 is 13.2 Å². The van der Waals surface area contributed by atoms with E-state index in [9.17, 15) is 13.2 Å². The van der Waals surface area contributed by atoms with Gasteiger partial charge < -0.3 is 4.90 Å². The minimum atomic E-state index is -4.37. The largest absolute Gasteiger partial charge is 0.417 e. The molecule has 2 aromatic rings. The number of fused-ring (bicyclic) bond motifs is 1. The third-order valence-electron chi connectivity index (χ3n) is 3.73. The summed E-state index contributed by atoms with van der Waals surface area (Å²) >= 11 is 0. The molecule has 2 aromatic heterocycles. The Bertz CT molecular complexity index is 718. The van der Waals surface area contributed by atoms with E-state index in [4.69, 9.17) is 0 Å². The Hall–Kier alpha value is -2.18. The molecule has 0 aliphatic carbocycles. The molecule has 0 fully saturated rings. The highest BCUT2D eigenvalue weighted by Crippen LogP contribution is 2.31. The molecular formula is C16H17F3N4. The molecule has 0 aromatic carbocycles. The minimum Gasteiger partial charge on any atom is -0.346 e. The number of rotatable bonds is 1. The van der Waals surface area contributed by atoms with Crippen LogP contribution in [0.1, 0.15) is 43.4 Å². The van der Waals surface area contributed by atoms with Gasteiger partial charge in [0.25, 0.3) is 0 Å². The van der Waals surface area contributed by atoms with Gasteiger partial charge in [-0.1, -0.05) is 20.8 Å². The topological polar surface area (TPSA) is 41.9 Å². The Morgan fingerprint density at radius 3 is 2.30 bits per heavy atom. The van der Waals surface area contributed by atoms with E-state index in [0.29, 0.717) is 18.9 Å². The first-order valence-electron chi connectivity index (χ1n) is 7.28. The molecule has 3 rings (SSSR count). The van der Waals surface area contributed by atoms with Crippen LogP contribution in [0.25, 0.3) is 0 Å². The van der Waals surface area contributed by atoms with Crippen LogP contribution in [-0.4, -0.2) is 15.0 Å². The van der Waals surface area contributed by atoms with Crippen molar-refractivity contribution >= 4 is 5.82 Å². The van der Waals surface area contributed by atoms with Crippen molar-refractivity contribution in [3.63, 3.8) is 0 Å². The molecule has 122 valence electrons. The Labute approximate surface area is 132 Å². The van der Waals surface area contributed by atoms with Crippen LogP contribution < -0.4 is 4.90 Å². The van der Waals surface area contributed by atoms with Gasteiger partial charge in [-0.05, 0) is 12.1 Å². The van der Waals surface area contributed by atoms with Crippen molar-refractivity contribution in [2.24, 2.45) is 0 Å². The molecule has 0 saturated heterocycles. The first-order valence-corrected chi connectivity index (χ1v) is 7.28. The third kappa shape index (κ3) is 3.13. The van der Waals surface area contributed by atoms with Crippen LogP contribution >= 0.6 is 0 Å². The summed E-state index contributed by atoms with van der Waals surface area (Å²) in [6, 6.07) is 2.45. The van der Waals surface area contributed by atoms with E-state index in [-0.39, 0.29) is 5.41 Å². The predicted octanol–water partition coefficient (Wildman–Crippen LogP) is 3.71. The number of nitrogens with zero attached hydrogens (tertiary/aromatic N) is 4. The fraction of sp³-hybridized carbons (Fsp3) is 0.438. The van der Waals surface area contributed by atoms with Crippen LogP contribution in [0.3, 0.4) is 0 Å². The van der Waals surface area contributed by atoms with E-state index < -0.39 is 11.7 Å². The van der Waals surface area contributed by atoms with Crippen molar-refractivity contribution in [3.05, 3.63) is 47.2 Å². The second-order valence-electron chi connectivity index (χ2n) is 6.67. The Morgan fingerprint density at radius 2 is 1.74 bits per heavy atom. The van der Waals surface area contributed by atoms with Gasteiger partial charge in [0, 0.05) is 29.9 Å². The van der Waals surface area contributed by atoms with Gasteiger partial charge in [0.1, 0.15) is 11.6 Å². The number of halogens is 3. The summed E-state index contributed by atoms with van der Waals surface area (Å²) in [7, 11) is 0. The summed E-state index contributed by atoms with van der Waals surface area (Å²) in [4.78, 5) is 14.8. The summed E-state index contributed by atoms with van der Waals surface area (Å²) < 4.78 is 37.8. The maximum Gasteiger partial charge on any atom is 0.417 e. The van der Waals surface area contributed by atoms with Crippen LogP contribution in [0.15, 0.2) is 24.5 Å². The zero-order valence-electron chi connectivity index (χ0n) is 13.1. The average Bonchev–Trinajstić information content (AvgIpc) is 2.88. The Morgan fingerprint density at radius 1 is 1.00 bits per heavy atom. The van der Waals surface area contributed by atoms with Crippen LogP contribution in [0.5, 0.6) is 0 Å². The highest BCUT2D eigenvalue weighted by Gasteiger charge is 2.31. The van der Waals surface area contributed by atoms with Crippen molar-refractivity contribution in [1.29, 1.82) is 0 Å². The van der Waals surface area contributed by atoms with Crippen molar-refractivity contribution in [2.45, 2.75) is 45.5 Å². The Kier molecular flexibility index (Phi) is 3.54. The molecule has 0 N–H and O–H groups in total. The fourth-order valence-corrected chi connectivity index (χ4v) is 2.42. The van der Waals surface area contributed by atoms with Gasteiger partial charge in [0.15, 0.2) is 0 Å². The molecule has 0 bridgehead atoms. The summed E-state index contributed by atoms with van der Waals surface area (Å²) in [6.07, 6.45) is -1.70. The van der Waals surface area contributed by atoms with Crippen LogP contribution in [-0.2, 0) is 24.7 Å². The van der Waals surface area contributed by atoms with E-state index in [1.165, 1.54) is 6.07 Å². The van der Waals surface area contributed by atoms with Crippen LogP contribution in [0.2, 0.25) is 0 Å². The summed E-state index contributed by atoms with van der Waals surface area (Å²) in [5.74, 6) is 1.27.